The van der Waals surface area contributed by atoms with E-state index in [9.17, 15) is 12.8 Å². The lowest BCUT2D eigenvalue weighted by Crippen LogP contribution is -2.33. The molecule has 1 rings (SSSR count). The molecule has 0 unspecified atom stereocenters. The van der Waals surface area contributed by atoms with Crippen LogP contribution in [0, 0.1) is 5.82 Å². The van der Waals surface area contributed by atoms with Crippen LogP contribution >= 0.6 is 15.9 Å². The summed E-state index contributed by atoms with van der Waals surface area (Å²) in [7, 11) is -2.13. The van der Waals surface area contributed by atoms with Crippen LogP contribution in [0.5, 0.6) is 0 Å². The van der Waals surface area contributed by atoms with E-state index in [0.717, 1.165) is 6.07 Å². The van der Waals surface area contributed by atoms with Gasteiger partial charge in [0.15, 0.2) is 0 Å². The predicted octanol–water partition coefficient (Wildman–Crippen LogP) is 2.62. The molecule has 1 aromatic carbocycles. The predicted molar refractivity (Wildman–Crippen MR) is 64.2 cm³/mol. The van der Waals surface area contributed by atoms with Crippen LogP contribution in [0.1, 0.15) is 13.8 Å². The van der Waals surface area contributed by atoms with Gasteiger partial charge in [-0.3, -0.25) is 0 Å². The summed E-state index contributed by atoms with van der Waals surface area (Å²) in [6.45, 7) is 3.51. The Morgan fingerprint density at radius 1 is 1.38 bits per heavy atom. The zero-order valence-corrected chi connectivity index (χ0v) is 11.6. The number of sulfonamides is 1. The Morgan fingerprint density at radius 3 is 2.38 bits per heavy atom. The lowest BCUT2D eigenvalue weighted by atomic mass is 10.3. The van der Waals surface area contributed by atoms with Gasteiger partial charge >= 0.3 is 0 Å². The minimum atomic E-state index is -3.60. The van der Waals surface area contributed by atoms with Crippen molar-refractivity contribution < 1.29 is 12.8 Å². The number of hydrogen-bond acceptors (Lipinski definition) is 2. The van der Waals surface area contributed by atoms with E-state index in [1.165, 1.54) is 23.5 Å². The molecule has 0 amide bonds. The van der Waals surface area contributed by atoms with E-state index in [4.69, 9.17) is 0 Å². The molecular weight excluding hydrogens is 297 g/mol. The summed E-state index contributed by atoms with van der Waals surface area (Å²) < 4.78 is 38.7. The van der Waals surface area contributed by atoms with Gasteiger partial charge < -0.3 is 0 Å². The van der Waals surface area contributed by atoms with E-state index in [-0.39, 0.29) is 15.4 Å². The van der Waals surface area contributed by atoms with E-state index < -0.39 is 15.8 Å². The van der Waals surface area contributed by atoms with Crippen LogP contribution in [0.4, 0.5) is 4.39 Å². The molecule has 16 heavy (non-hydrogen) atoms. The maximum Gasteiger partial charge on any atom is 0.243 e. The SMILES string of the molecule is CC(C)N(C)S(=O)(=O)c1ccc(Br)c(F)c1. The highest BCUT2D eigenvalue weighted by Crippen LogP contribution is 2.22. The fourth-order valence-electron chi connectivity index (χ4n) is 1.08. The highest BCUT2D eigenvalue weighted by Gasteiger charge is 2.23. The van der Waals surface area contributed by atoms with Crippen LogP contribution in [0.2, 0.25) is 0 Å². The van der Waals surface area contributed by atoms with Crippen molar-refractivity contribution in [3.05, 3.63) is 28.5 Å². The minimum Gasteiger partial charge on any atom is -0.207 e. The summed E-state index contributed by atoms with van der Waals surface area (Å²) in [6, 6.07) is 3.60. The first-order valence-electron chi connectivity index (χ1n) is 4.70. The van der Waals surface area contributed by atoms with Gasteiger partial charge in [-0.1, -0.05) is 0 Å². The van der Waals surface area contributed by atoms with Crippen LogP contribution in [0.15, 0.2) is 27.6 Å². The molecule has 90 valence electrons. The zero-order valence-electron chi connectivity index (χ0n) is 9.24. The maximum atomic E-state index is 13.2. The van der Waals surface area contributed by atoms with Gasteiger partial charge in [0.1, 0.15) is 5.82 Å². The average Bonchev–Trinajstić information content (AvgIpc) is 2.20. The summed E-state index contributed by atoms with van der Waals surface area (Å²) >= 11 is 2.98. The molecule has 0 N–H and O–H groups in total. The van der Waals surface area contributed by atoms with Crippen molar-refractivity contribution in [3.63, 3.8) is 0 Å². The molecule has 0 saturated heterocycles. The molecule has 0 aromatic heterocycles. The Bertz CT molecular complexity index is 488. The smallest absolute Gasteiger partial charge is 0.207 e. The average molecular weight is 310 g/mol. The van der Waals surface area contributed by atoms with Crippen molar-refractivity contribution >= 4 is 26.0 Å². The Morgan fingerprint density at radius 2 is 1.94 bits per heavy atom. The van der Waals surface area contributed by atoms with Gasteiger partial charge in [0, 0.05) is 13.1 Å². The lowest BCUT2D eigenvalue weighted by molar-refractivity contribution is 0.410. The van der Waals surface area contributed by atoms with Crippen LogP contribution in [0.3, 0.4) is 0 Å². The third kappa shape index (κ3) is 2.61. The highest BCUT2D eigenvalue weighted by molar-refractivity contribution is 9.10. The maximum absolute atomic E-state index is 13.2. The Labute approximate surface area is 103 Å². The highest BCUT2D eigenvalue weighted by atomic mass is 79.9. The summed E-state index contributed by atoms with van der Waals surface area (Å²) in [6.07, 6.45) is 0. The molecular formula is C10H13BrFNO2S. The molecule has 0 aliphatic heterocycles. The lowest BCUT2D eigenvalue weighted by Gasteiger charge is -2.20. The third-order valence-corrected chi connectivity index (χ3v) is 4.97. The van der Waals surface area contributed by atoms with Crippen LogP contribution in [-0.4, -0.2) is 25.8 Å². The van der Waals surface area contributed by atoms with Crippen molar-refractivity contribution in [1.82, 2.24) is 4.31 Å². The first-order valence-corrected chi connectivity index (χ1v) is 6.93. The summed E-state index contributed by atoms with van der Waals surface area (Å²) in [5.41, 5.74) is 0. The van der Waals surface area contributed by atoms with Crippen molar-refractivity contribution in [2.75, 3.05) is 7.05 Å². The number of halogens is 2. The molecule has 0 spiro atoms. The van der Waals surface area contributed by atoms with Crippen LogP contribution in [-0.2, 0) is 10.0 Å². The molecule has 0 atom stereocenters. The topological polar surface area (TPSA) is 37.4 Å². The van der Waals surface area contributed by atoms with E-state index in [1.807, 2.05) is 0 Å². The summed E-state index contributed by atoms with van der Waals surface area (Å²) in [5, 5.41) is 0. The van der Waals surface area contributed by atoms with Crippen molar-refractivity contribution in [1.29, 1.82) is 0 Å². The van der Waals surface area contributed by atoms with Crippen molar-refractivity contribution in [2.24, 2.45) is 0 Å². The molecule has 0 aliphatic carbocycles. The summed E-state index contributed by atoms with van der Waals surface area (Å²) in [5.74, 6) is -0.585. The Kier molecular flexibility index (Phi) is 4.09. The van der Waals surface area contributed by atoms with Crippen molar-refractivity contribution in [3.8, 4) is 0 Å². The molecule has 0 aliphatic rings. The van der Waals surface area contributed by atoms with E-state index in [2.05, 4.69) is 15.9 Å². The van der Waals surface area contributed by atoms with Gasteiger partial charge in [0.25, 0.3) is 0 Å². The number of nitrogens with zero attached hydrogens (tertiary/aromatic N) is 1. The second-order valence-corrected chi connectivity index (χ2v) is 6.54. The minimum absolute atomic E-state index is 0.0376. The van der Waals surface area contributed by atoms with Gasteiger partial charge in [-0.2, -0.15) is 4.31 Å². The van der Waals surface area contributed by atoms with Gasteiger partial charge in [-0.25, -0.2) is 12.8 Å². The standard InChI is InChI=1S/C10H13BrFNO2S/c1-7(2)13(3)16(14,15)8-4-5-9(11)10(12)6-8/h4-7H,1-3H3. The normalized spacial score (nSPS) is 12.4. The second-order valence-electron chi connectivity index (χ2n) is 3.69. The molecule has 1 aromatic rings. The Hall–Kier alpha value is -0.460. The zero-order chi connectivity index (χ0) is 12.5. The Balaban J connectivity index is 3.23. The fourth-order valence-corrected chi connectivity index (χ4v) is 2.71. The van der Waals surface area contributed by atoms with Crippen LogP contribution < -0.4 is 0 Å². The molecule has 6 heteroatoms. The van der Waals surface area contributed by atoms with Gasteiger partial charge in [-0.05, 0) is 48.0 Å². The molecule has 3 nitrogen and oxygen atoms in total. The molecule has 0 fully saturated rings. The van der Waals surface area contributed by atoms with Gasteiger partial charge in [-0.15, -0.1) is 0 Å². The van der Waals surface area contributed by atoms with Crippen molar-refractivity contribution in [2.45, 2.75) is 24.8 Å². The van der Waals surface area contributed by atoms with E-state index in [0.29, 0.717) is 0 Å². The van der Waals surface area contributed by atoms with Crippen LogP contribution in [0.25, 0.3) is 0 Å². The quantitative estimate of drug-likeness (QED) is 0.860. The molecule has 0 saturated carbocycles. The van der Waals surface area contributed by atoms with E-state index >= 15 is 0 Å². The first-order chi connectivity index (χ1) is 7.26. The molecule has 0 bridgehead atoms. The largest absolute Gasteiger partial charge is 0.243 e. The summed E-state index contributed by atoms with van der Waals surface area (Å²) in [4.78, 5) is -0.0376. The first kappa shape index (κ1) is 13.6. The number of hydrogen-bond donors (Lipinski definition) is 0. The van der Waals surface area contributed by atoms with Gasteiger partial charge in [0.2, 0.25) is 10.0 Å². The fraction of sp³-hybridized carbons (Fsp3) is 0.400. The molecule has 0 radical (unpaired) electrons. The third-order valence-electron chi connectivity index (χ3n) is 2.30. The van der Waals surface area contributed by atoms with Gasteiger partial charge in [0.05, 0.1) is 9.37 Å². The monoisotopic (exact) mass is 309 g/mol. The van der Waals surface area contributed by atoms with E-state index in [1.54, 1.807) is 13.8 Å². The second kappa shape index (κ2) is 4.81. The number of rotatable bonds is 3. The number of benzene rings is 1. The molecule has 0 heterocycles.